The van der Waals surface area contributed by atoms with Crippen molar-refractivity contribution in [3.05, 3.63) is 0 Å². The molecule has 0 fully saturated rings. The minimum absolute atomic E-state index is 0.169. The smallest absolute Gasteiger partial charge is 0.391 e. The van der Waals surface area contributed by atoms with Gasteiger partial charge in [0.25, 0.3) is 0 Å². The van der Waals surface area contributed by atoms with E-state index >= 15 is 0 Å². The molecule has 0 aromatic heterocycles. The van der Waals surface area contributed by atoms with Crippen molar-refractivity contribution in [3.8, 4) is 0 Å². The molecule has 0 amide bonds. The molecule has 0 spiro atoms. The average molecular weight is 455 g/mol. The Hall–Kier alpha value is 0.0300. The third-order valence-electron chi connectivity index (χ3n) is 5.03. The number of nitrogens with zero attached hydrogens (tertiary/aromatic N) is 1. The van der Waals surface area contributed by atoms with Crippen LogP contribution in [0.3, 0.4) is 0 Å². The van der Waals surface area contributed by atoms with Crippen LogP contribution in [0.2, 0.25) is 0 Å². The van der Waals surface area contributed by atoms with E-state index in [0.29, 0.717) is 0 Å². The summed E-state index contributed by atoms with van der Waals surface area (Å²) in [5.41, 5.74) is 0. The Morgan fingerprint density at radius 1 is 0.667 bits per heavy atom. The van der Waals surface area contributed by atoms with Crippen LogP contribution >= 0.6 is 7.82 Å². The molecular formula is C23H53NO5P+. The molecule has 0 aromatic rings. The summed E-state index contributed by atoms with van der Waals surface area (Å²) in [7, 11) is 1.90. The van der Waals surface area contributed by atoms with E-state index in [9.17, 15) is 4.57 Å². The summed E-state index contributed by atoms with van der Waals surface area (Å²) < 4.78 is 15.7. The third-order valence-corrected chi connectivity index (χ3v) is 5.55. The van der Waals surface area contributed by atoms with Crippen molar-refractivity contribution >= 4 is 7.82 Å². The molecule has 7 heteroatoms. The summed E-state index contributed by atoms with van der Waals surface area (Å²) in [6, 6.07) is 0. The first-order valence-corrected chi connectivity index (χ1v) is 13.8. The topological polar surface area (TPSA) is 87.0 Å². The molecule has 0 aliphatic carbocycles. The van der Waals surface area contributed by atoms with Crippen molar-refractivity contribution in [3.63, 3.8) is 0 Å². The number of aliphatic hydroxyl groups is 1. The average Bonchev–Trinajstić information content (AvgIpc) is 2.63. The molecule has 3 N–H and O–H groups in total. The highest BCUT2D eigenvalue weighted by molar-refractivity contribution is 7.46. The summed E-state index contributed by atoms with van der Waals surface area (Å²) >= 11 is 0. The van der Waals surface area contributed by atoms with Gasteiger partial charge >= 0.3 is 7.82 Å². The quantitative estimate of drug-likeness (QED) is 0.119. The molecular weight excluding hydrogens is 401 g/mol. The van der Waals surface area contributed by atoms with E-state index in [1.165, 1.54) is 83.5 Å². The third kappa shape index (κ3) is 35.5. The first-order chi connectivity index (χ1) is 14.1. The predicted molar refractivity (Wildman–Crippen MR) is 128 cm³/mol. The van der Waals surface area contributed by atoms with Gasteiger partial charge in [-0.15, -0.1) is 0 Å². The fourth-order valence-electron chi connectivity index (χ4n) is 3.13. The van der Waals surface area contributed by atoms with Gasteiger partial charge in [-0.2, -0.15) is 0 Å². The van der Waals surface area contributed by atoms with Crippen molar-refractivity contribution in [1.82, 2.24) is 0 Å². The van der Waals surface area contributed by atoms with Gasteiger partial charge in [-0.05, 0) is 6.42 Å². The number of rotatable bonds is 20. The Morgan fingerprint density at radius 3 is 1.23 bits per heavy atom. The zero-order valence-electron chi connectivity index (χ0n) is 20.5. The minimum Gasteiger partial charge on any atom is -0.391 e. The van der Waals surface area contributed by atoms with Crippen molar-refractivity contribution in [2.24, 2.45) is 0 Å². The molecule has 30 heavy (non-hydrogen) atoms. The molecule has 0 bridgehead atoms. The summed E-state index contributed by atoms with van der Waals surface area (Å²) in [4.78, 5) is 17.1. The normalized spacial score (nSPS) is 12.0. The predicted octanol–water partition coefficient (Wildman–Crippen LogP) is 6.04. The number of hydrogen-bond donors (Lipinski definition) is 3. The van der Waals surface area contributed by atoms with Crippen LogP contribution in [-0.2, 0) is 9.09 Å². The first kappa shape index (κ1) is 32.2. The highest BCUT2D eigenvalue weighted by Crippen LogP contribution is 2.35. The zero-order chi connectivity index (χ0) is 23.1. The van der Waals surface area contributed by atoms with Crippen LogP contribution in [-0.4, -0.2) is 60.3 Å². The summed E-state index contributed by atoms with van der Waals surface area (Å²) in [6.45, 7) is 3.55. The number of likely N-dealkylation sites (N-methyl/N-ethyl adjacent to an activating group) is 1. The van der Waals surface area contributed by atoms with E-state index in [1.807, 2.05) is 0 Å². The molecule has 6 nitrogen and oxygen atoms in total. The number of hydrogen-bond acceptors (Lipinski definition) is 3. The number of quaternary nitrogens is 1. The lowest BCUT2D eigenvalue weighted by Crippen LogP contribution is -2.36. The number of aliphatic hydroxyl groups excluding tert-OH is 1. The molecule has 0 unspecified atom stereocenters. The van der Waals surface area contributed by atoms with Gasteiger partial charge in [-0.3, -0.25) is 4.52 Å². The maximum Gasteiger partial charge on any atom is 0.469 e. The molecule has 0 heterocycles. The van der Waals surface area contributed by atoms with E-state index in [0.717, 1.165) is 30.3 Å². The second-order valence-corrected chi connectivity index (χ2v) is 10.6. The Balaban J connectivity index is 0. The fraction of sp³-hybridized carbons (Fsp3) is 1.00. The van der Waals surface area contributed by atoms with E-state index in [1.54, 1.807) is 0 Å². The Morgan fingerprint density at radius 2 is 1.00 bits per heavy atom. The largest absolute Gasteiger partial charge is 0.469 e. The molecule has 0 saturated heterocycles. The zero-order valence-corrected chi connectivity index (χ0v) is 21.4. The molecule has 0 rings (SSSR count). The second kappa shape index (κ2) is 22.2. The Bertz CT molecular complexity index is 382. The van der Waals surface area contributed by atoms with Gasteiger partial charge in [0.1, 0.15) is 6.54 Å². The molecule has 0 saturated carbocycles. The van der Waals surface area contributed by atoms with Crippen LogP contribution in [0.1, 0.15) is 110 Å². The maximum atomic E-state index is 10.5. The number of phosphoric ester groups is 1. The van der Waals surface area contributed by atoms with Crippen LogP contribution in [0, 0.1) is 0 Å². The van der Waals surface area contributed by atoms with Crippen LogP contribution in [0.25, 0.3) is 0 Å². The summed E-state index contributed by atoms with van der Waals surface area (Å²) in [5.74, 6) is 0. The van der Waals surface area contributed by atoms with Crippen LogP contribution in [0.4, 0.5) is 0 Å². The Kier molecular flexibility index (Phi) is 23.9. The molecule has 0 atom stereocenters. The van der Waals surface area contributed by atoms with Crippen molar-refractivity contribution in [2.45, 2.75) is 110 Å². The summed E-state index contributed by atoms with van der Waals surface area (Å²) in [5, 5.41) is 8.39. The van der Waals surface area contributed by atoms with Gasteiger partial charge in [-0.1, -0.05) is 103 Å². The monoisotopic (exact) mass is 454 g/mol. The molecule has 0 aliphatic rings. The highest BCUT2D eigenvalue weighted by atomic mass is 31.2. The van der Waals surface area contributed by atoms with E-state index in [2.05, 4.69) is 32.6 Å². The summed E-state index contributed by atoms with van der Waals surface area (Å²) in [6.07, 6.45) is 20.7. The van der Waals surface area contributed by atoms with E-state index < -0.39 is 7.82 Å². The van der Waals surface area contributed by atoms with Gasteiger partial charge in [0.2, 0.25) is 0 Å². The lowest BCUT2D eigenvalue weighted by Gasteiger charge is -2.21. The molecule has 184 valence electrons. The minimum atomic E-state index is -4.26. The number of phosphoric acid groups is 1. The van der Waals surface area contributed by atoms with Crippen molar-refractivity contribution in [2.75, 3.05) is 40.9 Å². The van der Waals surface area contributed by atoms with Gasteiger partial charge in [0.05, 0.1) is 34.4 Å². The maximum absolute atomic E-state index is 10.5. The Labute approximate surface area is 187 Å². The van der Waals surface area contributed by atoms with Crippen LogP contribution < -0.4 is 0 Å². The van der Waals surface area contributed by atoms with Gasteiger partial charge < -0.3 is 19.4 Å². The number of unbranched alkanes of at least 4 members (excludes halogenated alkanes) is 15. The fourth-order valence-corrected chi connectivity index (χ4v) is 3.50. The van der Waals surface area contributed by atoms with Crippen molar-refractivity contribution < 1.29 is 28.5 Å². The van der Waals surface area contributed by atoms with Crippen molar-refractivity contribution in [1.29, 1.82) is 0 Å². The lowest BCUT2D eigenvalue weighted by molar-refractivity contribution is -0.870. The highest BCUT2D eigenvalue weighted by Gasteiger charge is 2.12. The molecule has 0 radical (unpaired) electrons. The first-order valence-electron chi connectivity index (χ1n) is 12.2. The standard InChI is InChI=1S/C18H39O4P.C5H14NO/c1-2-3-4-5-6-7-8-9-10-11-12-13-14-15-16-17-18-22-23(19,20)21;1-6(2,3)4-5-7/h2-18H2,1H3,(H2,19,20,21);7H,4-5H2,1-3H3/q;+1. The van der Waals surface area contributed by atoms with Crippen LogP contribution in [0.15, 0.2) is 0 Å². The molecule has 0 aromatic carbocycles. The second-order valence-electron chi connectivity index (χ2n) is 9.36. The molecule has 0 aliphatic heterocycles. The van der Waals surface area contributed by atoms with E-state index in [4.69, 9.17) is 14.9 Å². The SMILES string of the molecule is CCCCCCCCCCCCCCCCCCOP(=O)(O)O.C[N+](C)(C)CCO. The van der Waals surface area contributed by atoms with Gasteiger partial charge in [0.15, 0.2) is 0 Å². The van der Waals surface area contributed by atoms with Gasteiger partial charge in [-0.25, -0.2) is 4.57 Å². The van der Waals surface area contributed by atoms with Crippen LogP contribution in [0.5, 0.6) is 0 Å². The van der Waals surface area contributed by atoms with E-state index in [-0.39, 0.29) is 13.2 Å². The lowest BCUT2D eigenvalue weighted by atomic mass is 10.0. The van der Waals surface area contributed by atoms with Gasteiger partial charge in [0, 0.05) is 0 Å².